The van der Waals surface area contributed by atoms with Crippen LogP contribution < -0.4 is 10.6 Å². The van der Waals surface area contributed by atoms with Crippen molar-refractivity contribution >= 4 is 34.6 Å². The van der Waals surface area contributed by atoms with Crippen LogP contribution in [0.3, 0.4) is 0 Å². The number of rotatable bonds is 3. The highest BCUT2D eigenvalue weighted by Crippen LogP contribution is 2.38. The minimum atomic E-state index is -4.55. The van der Waals surface area contributed by atoms with Crippen LogP contribution in [0.2, 0.25) is 5.02 Å². The highest BCUT2D eigenvalue weighted by atomic mass is 35.5. The first-order valence-electron chi connectivity index (χ1n) is 9.86. The van der Waals surface area contributed by atoms with Gasteiger partial charge in [0.15, 0.2) is 17.3 Å². The summed E-state index contributed by atoms with van der Waals surface area (Å²) in [6.45, 7) is 0. The van der Waals surface area contributed by atoms with Crippen molar-refractivity contribution in [3.05, 3.63) is 94.9 Å². The number of hydrogen-bond donors (Lipinski definition) is 2. The van der Waals surface area contributed by atoms with E-state index >= 15 is 0 Å². The quantitative estimate of drug-likeness (QED) is 0.358. The Balaban J connectivity index is 1.51. The maximum Gasteiger partial charge on any atom is 0.435 e. The fourth-order valence-electron chi connectivity index (χ4n) is 3.67. The van der Waals surface area contributed by atoms with Gasteiger partial charge in [0.25, 0.3) is 0 Å². The van der Waals surface area contributed by atoms with E-state index in [2.05, 4.69) is 20.7 Å². The van der Waals surface area contributed by atoms with Crippen LogP contribution in [0.15, 0.2) is 73.1 Å². The first-order valence-corrected chi connectivity index (χ1v) is 10.2. The Kier molecular flexibility index (Phi) is 5.05. The van der Waals surface area contributed by atoms with Crippen LogP contribution in [0.25, 0.3) is 5.69 Å². The van der Waals surface area contributed by atoms with Gasteiger partial charge in [0.2, 0.25) is 0 Å². The number of nitrogens with zero attached hydrogens (tertiary/aromatic N) is 3. The zero-order valence-corrected chi connectivity index (χ0v) is 17.5. The number of carbonyl (C=O) groups is 1. The van der Waals surface area contributed by atoms with Gasteiger partial charge in [0.05, 0.1) is 16.4 Å². The lowest BCUT2D eigenvalue weighted by Crippen LogP contribution is -2.21. The number of alkyl halides is 3. The van der Waals surface area contributed by atoms with Crippen LogP contribution in [-0.4, -0.2) is 20.5 Å². The summed E-state index contributed by atoms with van der Waals surface area (Å²) in [6.07, 6.45) is -1.72. The van der Waals surface area contributed by atoms with Gasteiger partial charge in [-0.15, -0.1) is 0 Å². The molecular weight excluding hydrogens is 455 g/mol. The zero-order valence-electron chi connectivity index (χ0n) is 16.8. The molecule has 0 saturated carbocycles. The monoisotopic (exact) mass is 469 g/mol. The number of nitrogens with one attached hydrogen (secondary N) is 2. The average Bonchev–Trinajstić information content (AvgIpc) is 3.23. The maximum absolute atomic E-state index is 13.6. The zero-order chi connectivity index (χ0) is 23.2. The van der Waals surface area contributed by atoms with Crippen molar-refractivity contribution in [2.75, 3.05) is 10.6 Å². The number of Topliss-reactive ketones (excluding diaryl/α,β-unsaturated/α-hetero) is 1. The summed E-state index contributed by atoms with van der Waals surface area (Å²) in [7, 11) is 0. The Morgan fingerprint density at radius 3 is 2.58 bits per heavy atom. The van der Waals surface area contributed by atoms with Crippen LogP contribution in [0.1, 0.15) is 27.7 Å². The molecule has 0 fully saturated rings. The third-order valence-corrected chi connectivity index (χ3v) is 5.57. The number of ketones is 1. The fraction of sp³-hybridized carbons (Fsp3) is 0.0870. The van der Waals surface area contributed by atoms with Crippen LogP contribution in [-0.2, 0) is 6.18 Å². The number of anilines is 3. The van der Waals surface area contributed by atoms with Gasteiger partial charge in [0, 0.05) is 29.2 Å². The van der Waals surface area contributed by atoms with E-state index in [0.717, 1.165) is 16.4 Å². The van der Waals surface area contributed by atoms with E-state index in [1.165, 1.54) is 24.4 Å². The number of para-hydroxylation sites is 1. The number of carbonyl (C=O) groups excluding carboxylic acids is 1. The minimum Gasteiger partial charge on any atom is -0.368 e. The highest BCUT2D eigenvalue weighted by molar-refractivity contribution is 6.34. The number of benzene rings is 2. The Labute approximate surface area is 191 Å². The van der Waals surface area contributed by atoms with Crippen molar-refractivity contribution in [3.8, 4) is 5.69 Å². The van der Waals surface area contributed by atoms with Crippen molar-refractivity contribution in [2.24, 2.45) is 0 Å². The van der Waals surface area contributed by atoms with Gasteiger partial charge in [-0.25, -0.2) is 9.67 Å². The second kappa shape index (κ2) is 7.93. The molecule has 0 amide bonds. The Bertz CT molecular complexity index is 1370. The molecule has 0 bridgehead atoms. The first kappa shape index (κ1) is 21.0. The molecule has 10 heteroatoms. The number of hydrogen-bond acceptors (Lipinski definition) is 5. The molecule has 0 saturated heterocycles. The summed E-state index contributed by atoms with van der Waals surface area (Å²) < 4.78 is 39.7. The lowest BCUT2D eigenvalue weighted by molar-refractivity contribution is -0.141. The molecule has 6 nitrogen and oxygen atoms in total. The Morgan fingerprint density at radius 2 is 1.82 bits per heavy atom. The third kappa shape index (κ3) is 3.91. The summed E-state index contributed by atoms with van der Waals surface area (Å²) >= 11 is 6.42. The molecule has 2 aromatic heterocycles. The molecular formula is C23H15ClF3N5O. The SMILES string of the molecule is O=C(c1ccc(-n2ccc(C(F)(F)F)n2)cc1Cl)C1Nc2cccnc2Nc2ccccc21. The second-order valence-electron chi connectivity index (χ2n) is 7.36. The van der Waals surface area contributed by atoms with E-state index in [9.17, 15) is 18.0 Å². The largest absolute Gasteiger partial charge is 0.435 e. The van der Waals surface area contributed by atoms with Gasteiger partial charge < -0.3 is 10.6 Å². The van der Waals surface area contributed by atoms with Crippen LogP contribution in [0.4, 0.5) is 30.4 Å². The van der Waals surface area contributed by atoms with E-state index in [1.807, 2.05) is 30.3 Å². The summed E-state index contributed by atoms with van der Waals surface area (Å²) in [5.74, 6) is 0.287. The topological polar surface area (TPSA) is 71.8 Å². The van der Waals surface area contributed by atoms with E-state index in [0.29, 0.717) is 22.8 Å². The number of pyridine rings is 1. The molecule has 2 N–H and O–H groups in total. The van der Waals surface area contributed by atoms with Gasteiger partial charge in [-0.2, -0.15) is 18.3 Å². The van der Waals surface area contributed by atoms with Gasteiger partial charge in [-0.05, 0) is 42.5 Å². The summed E-state index contributed by atoms with van der Waals surface area (Å²) in [4.78, 5) is 17.9. The van der Waals surface area contributed by atoms with Gasteiger partial charge in [0.1, 0.15) is 6.04 Å². The van der Waals surface area contributed by atoms with E-state index in [-0.39, 0.29) is 16.4 Å². The van der Waals surface area contributed by atoms with Crippen LogP contribution in [0, 0.1) is 0 Å². The average molecular weight is 470 g/mol. The molecule has 1 aliphatic heterocycles. The second-order valence-corrected chi connectivity index (χ2v) is 7.77. The van der Waals surface area contributed by atoms with Crippen LogP contribution in [0.5, 0.6) is 0 Å². The van der Waals surface area contributed by atoms with Crippen molar-refractivity contribution in [1.82, 2.24) is 14.8 Å². The number of halogens is 4. The minimum absolute atomic E-state index is 0.101. The number of aromatic nitrogens is 3. The Morgan fingerprint density at radius 1 is 1.03 bits per heavy atom. The van der Waals surface area contributed by atoms with E-state index < -0.39 is 17.9 Å². The maximum atomic E-state index is 13.6. The highest BCUT2D eigenvalue weighted by Gasteiger charge is 2.34. The van der Waals surface area contributed by atoms with Crippen LogP contribution >= 0.6 is 11.6 Å². The molecule has 1 atom stereocenters. The standard InChI is InChI=1S/C23H15ClF3N5O/c24-16-12-13(32-11-9-19(31-32)23(25,26)27)7-8-14(16)21(33)20-15-4-1-2-5-17(15)30-22-18(29-20)6-3-10-28-22/h1-12,20,29H,(H,28,30). The predicted molar refractivity (Wildman–Crippen MR) is 118 cm³/mol. The van der Waals surface area contributed by atoms with Gasteiger partial charge in [-0.1, -0.05) is 29.8 Å². The van der Waals surface area contributed by atoms with Crippen molar-refractivity contribution in [3.63, 3.8) is 0 Å². The van der Waals surface area contributed by atoms with Gasteiger partial charge in [-0.3, -0.25) is 4.79 Å². The molecule has 33 heavy (non-hydrogen) atoms. The van der Waals surface area contributed by atoms with Crippen molar-refractivity contribution in [2.45, 2.75) is 12.2 Å². The van der Waals surface area contributed by atoms with Crippen molar-refractivity contribution in [1.29, 1.82) is 0 Å². The first-order chi connectivity index (χ1) is 15.8. The summed E-state index contributed by atoms with van der Waals surface area (Å²) in [5, 5.41) is 10.1. The lowest BCUT2D eigenvalue weighted by Gasteiger charge is -2.19. The molecule has 0 radical (unpaired) electrons. The molecule has 2 aromatic carbocycles. The fourth-order valence-corrected chi connectivity index (χ4v) is 3.94. The predicted octanol–water partition coefficient (Wildman–Crippen LogP) is 6.03. The molecule has 0 aliphatic carbocycles. The summed E-state index contributed by atoms with van der Waals surface area (Å²) in [5.41, 5.74) is 1.60. The van der Waals surface area contributed by atoms with Gasteiger partial charge >= 0.3 is 6.18 Å². The smallest absolute Gasteiger partial charge is 0.368 e. The molecule has 1 aliphatic rings. The third-order valence-electron chi connectivity index (χ3n) is 5.26. The molecule has 3 heterocycles. The number of fused-ring (bicyclic) bond motifs is 2. The lowest BCUT2D eigenvalue weighted by atomic mass is 9.96. The Hall–Kier alpha value is -3.85. The molecule has 0 spiro atoms. The van der Waals surface area contributed by atoms with E-state index in [1.54, 1.807) is 12.3 Å². The normalized spacial score (nSPS) is 15.0. The van der Waals surface area contributed by atoms with Crippen molar-refractivity contribution < 1.29 is 18.0 Å². The van der Waals surface area contributed by atoms with E-state index in [4.69, 9.17) is 11.6 Å². The molecule has 1 unspecified atom stereocenters. The molecule has 4 aromatic rings. The molecule has 166 valence electrons. The molecule has 5 rings (SSSR count). The summed E-state index contributed by atoms with van der Waals surface area (Å²) in [6, 6.07) is 15.4.